The maximum absolute atomic E-state index is 13.3. The Kier molecular flexibility index (Phi) is 7.38. The molecule has 1 aliphatic carbocycles. The fraction of sp³-hybridized carbons (Fsp3) is 0.200. The molecule has 0 aliphatic heterocycles. The maximum Gasteiger partial charge on any atom is 0.259 e. The fourth-order valence-corrected chi connectivity index (χ4v) is 6.46. The smallest absolute Gasteiger partial charge is 0.259 e. The number of fused-ring (bicyclic) bond motifs is 1. The molecule has 0 bridgehead atoms. The number of aliphatic imine (C=N–C) groups is 1. The van der Waals surface area contributed by atoms with Gasteiger partial charge in [-0.3, -0.25) is 4.79 Å². The highest BCUT2D eigenvalue weighted by molar-refractivity contribution is 9.10. The number of nitrogens with zero attached hydrogens (tertiary/aromatic N) is 3. The lowest BCUT2D eigenvalue weighted by Gasteiger charge is -2.12. The molecule has 4 aromatic rings. The Hall–Kier alpha value is -2.46. The number of nitrogens with one attached hydrogen (secondary N) is 1. The van der Waals surface area contributed by atoms with Crippen LogP contribution in [-0.4, -0.2) is 22.1 Å². The number of aromatic nitrogens is 2. The van der Waals surface area contributed by atoms with Crippen LogP contribution in [0.1, 0.15) is 45.1 Å². The first kappa shape index (κ1) is 24.2. The highest BCUT2D eigenvalue weighted by atomic mass is 79.9. The lowest BCUT2D eigenvalue weighted by atomic mass is 9.95. The molecule has 10 heteroatoms. The van der Waals surface area contributed by atoms with E-state index in [0.717, 1.165) is 41.4 Å². The van der Waals surface area contributed by atoms with Crippen molar-refractivity contribution in [1.82, 2.24) is 9.97 Å². The highest BCUT2D eigenvalue weighted by Gasteiger charge is 2.25. The monoisotopic (exact) mass is 586 g/mol. The molecular weight excluding hydrogens is 568 g/mol. The second-order valence-corrected chi connectivity index (χ2v) is 11.3. The van der Waals surface area contributed by atoms with E-state index in [1.165, 1.54) is 16.6 Å². The summed E-state index contributed by atoms with van der Waals surface area (Å²) in [5, 5.41) is 5.55. The number of thiophene rings is 1. The van der Waals surface area contributed by atoms with Crippen LogP contribution in [0.15, 0.2) is 66.7 Å². The number of benzene rings is 1. The van der Waals surface area contributed by atoms with Gasteiger partial charge in [-0.05, 0) is 96.2 Å². The summed E-state index contributed by atoms with van der Waals surface area (Å²) in [5.74, 6) is 0.412. The standard InChI is InChI=1S/C25H20BrClN4O2S2/c1-14-10-11-28-25(30-14)35-24-19(26)12-17(33-24)13-29-23-21(18-4-2-3-5-20(18)34-23)22(32)31-16-8-6-15(27)7-9-16/h6-13H,2-5H2,1H3,(H,31,32). The Morgan fingerprint density at radius 3 is 2.86 bits per heavy atom. The SMILES string of the molecule is Cc1ccnc(Sc2oc(C=Nc3sc4c(c3C(=O)Nc3ccc(Cl)cc3)CCCC4)cc2Br)n1. The summed E-state index contributed by atoms with van der Waals surface area (Å²) in [7, 11) is 0. The van der Waals surface area contributed by atoms with Crippen LogP contribution in [0.5, 0.6) is 0 Å². The minimum absolute atomic E-state index is 0.160. The van der Waals surface area contributed by atoms with E-state index in [1.54, 1.807) is 48.0 Å². The van der Waals surface area contributed by atoms with E-state index >= 15 is 0 Å². The number of hydrogen-bond acceptors (Lipinski definition) is 7. The molecule has 0 saturated heterocycles. The van der Waals surface area contributed by atoms with Crippen molar-refractivity contribution in [2.45, 2.75) is 42.9 Å². The molecule has 3 heterocycles. The number of rotatable bonds is 6. The third-order valence-electron chi connectivity index (χ3n) is 5.42. The number of carbonyl (C=O) groups is 1. The number of furan rings is 1. The molecule has 6 nitrogen and oxygen atoms in total. The molecule has 0 radical (unpaired) electrons. The van der Waals surface area contributed by atoms with Gasteiger partial charge in [-0.25, -0.2) is 15.0 Å². The Labute approximate surface area is 224 Å². The zero-order valence-electron chi connectivity index (χ0n) is 18.7. The minimum Gasteiger partial charge on any atom is -0.447 e. The zero-order chi connectivity index (χ0) is 24.4. The Morgan fingerprint density at radius 1 is 1.26 bits per heavy atom. The van der Waals surface area contributed by atoms with Crippen LogP contribution in [0.4, 0.5) is 10.7 Å². The average molecular weight is 588 g/mol. The predicted molar refractivity (Wildman–Crippen MR) is 145 cm³/mol. The summed E-state index contributed by atoms with van der Waals surface area (Å²) in [5.41, 5.74) is 3.33. The van der Waals surface area contributed by atoms with E-state index in [2.05, 4.69) is 31.2 Å². The second-order valence-electron chi connectivity index (χ2n) is 7.98. The summed E-state index contributed by atoms with van der Waals surface area (Å²) in [4.78, 5) is 27.9. The van der Waals surface area contributed by atoms with Crippen molar-refractivity contribution in [2.24, 2.45) is 4.99 Å². The van der Waals surface area contributed by atoms with Crippen LogP contribution in [0, 0.1) is 6.92 Å². The van der Waals surface area contributed by atoms with Crippen LogP contribution >= 0.6 is 50.6 Å². The number of amides is 1. The molecule has 3 aromatic heterocycles. The first-order valence-electron chi connectivity index (χ1n) is 11.0. The Balaban J connectivity index is 1.41. The summed E-state index contributed by atoms with van der Waals surface area (Å²) in [6.07, 6.45) is 7.43. The summed E-state index contributed by atoms with van der Waals surface area (Å²) >= 11 is 12.4. The topological polar surface area (TPSA) is 80.4 Å². The summed E-state index contributed by atoms with van der Waals surface area (Å²) < 4.78 is 6.76. The van der Waals surface area contributed by atoms with Crippen LogP contribution in [0.2, 0.25) is 5.02 Å². The quantitative estimate of drug-likeness (QED) is 0.183. The number of halogens is 2. The van der Waals surface area contributed by atoms with Crippen LogP contribution in [0.3, 0.4) is 0 Å². The molecule has 0 unspecified atom stereocenters. The van der Waals surface area contributed by atoms with Gasteiger partial charge in [0.05, 0.1) is 16.3 Å². The van der Waals surface area contributed by atoms with Gasteiger partial charge in [-0.1, -0.05) is 11.6 Å². The normalized spacial score (nSPS) is 13.2. The number of aryl methyl sites for hydroxylation is 2. The van der Waals surface area contributed by atoms with Crippen molar-refractivity contribution >= 4 is 73.4 Å². The van der Waals surface area contributed by atoms with E-state index in [0.29, 0.717) is 37.3 Å². The van der Waals surface area contributed by atoms with Crippen molar-refractivity contribution in [2.75, 3.05) is 5.32 Å². The molecule has 1 amide bonds. The van der Waals surface area contributed by atoms with Gasteiger partial charge in [-0.15, -0.1) is 11.3 Å². The van der Waals surface area contributed by atoms with Crippen molar-refractivity contribution in [3.05, 3.63) is 79.5 Å². The molecule has 178 valence electrons. The minimum atomic E-state index is -0.160. The van der Waals surface area contributed by atoms with Crippen LogP contribution < -0.4 is 5.32 Å². The van der Waals surface area contributed by atoms with E-state index in [-0.39, 0.29) is 5.91 Å². The Morgan fingerprint density at radius 2 is 2.06 bits per heavy atom. The van der Waals surface area contributed by atoms with Gasteiger partial charge >= 0.3 is 0 Å². The van der Waals surface area contributed by atoms with Gasteiger partial charge in [0.1, 0.15) is 10.8 Å². The third-order valence-corrected chi connectivity index (χ3v) is 8.59. The molecule has 1 aromatic carbocycles. The molecule has 1 aliphatic rings. The van der Waals surface area contributed by atoms with Crippen LogP contribution in [0.25, 0.3) is 0 Å². The maximum atomic E-state index is 13.3. The molecule has 0 saturated carbocycles. The summed E-state index contributed by atoms with van der Waals surface area (Å²) in [6.45, 7) is 1.92. The van der Waals surface area contributed by atoms with Crippen molar-refractivity contribution in [1.29, 1.82) is 0 Å². The molecule has 1 N–H and O–H groups in total. The largest absolute Gasteiger partial charge is 0.447 e. The predicted octanol–water partition coefficient (Wildman–Crippen LogP) is 7.89. The van der Waals surface area contributed by atoms with E-state index < -0.39 is 0 Å². The third kappa shape index (κ3) is 5.69. The van der Waals surface area contributed by atoms with Crippen LogP contribution in [-0.2, 0) is 12.8 Å². The molecular formula is C25H20BrClN4O2S2. The summed E-state index contributed by atoms with van der Waals surface area (Å²) in [6, 6.07) is 10.8. The van der Waals surface area contributed by atoms with Gasteiger partial charge in [0.15, 0.2) is 10.2 Å². The van der Waals surface area contributed by atoms with Gasteiger partial charge in [0.25, 0.3) is 5.91 Å². The number of carbonyl (C=O) groups excluding carboxylic acids is 1. The van der Waals surface area contributed by atoms with Gasteiger partial charge in [0.2, 0.25) is 0 Å². The molecule has 0 spiro atoms. The van der Waals surface area contributed by atoms with Crippen molar-refractivity contribution < 1.29 is 9.21 Å². The zero-order valence-corrected chi connectivity index (χ0v) is 22.7. The number of anilines is 1. The first-order valence-corrected chi connectivity index (χ1v) is 13.8. The van der Waals surface area contributed by atoms with Crippen molar-refractivity contribution in [3.63, 3.8) is 0 Å². The first-order chi connectivity index (χ1) is 17.0. The van der Waals surface area contributed by atoms with Gasteiger partial charge < -0.3 is 9.73 Å². The lowest BCUT2D eigenvalue weighted by molar-refractivity contribution is 0.102. The molecule has 5 rings (SSSR count). The van der Waals surface area contributed by atoms with E-state index in [1.807, 2.05) is 19.1 Å². The fourth-order valence-electron chi connectivity index (χ4n) is 3.79. The van der Waals surface area contributed by atoms with E-state index in [4.69, 9.17) is 21.0 Å². The highest BCUT2D eigenvalue weighted by Crippen LogP contribution is 2.41. The van der Waals surface area contributed by atoms with E-state index in [9.17, 15) is 4.79 Å². The number of hydrogen-bond donors (Lipinski definition) is 1. The molecule has 0 atom stereocenters. The molecule has 35 heavy (non-hydrogen) atoms. The average Bonchev–Trinajstić information content (AvgIpc) is 3.39. The van der Waals surface area contributed by atoms with Gasteiger partial charge in [0, 0.05) is 33.5 Å². The Bertz CT molecular complexity index is 1420. The van der Waals surface area contributed by atoms with Gasteiger partial charge in [-0.2, -0.15) is 0 Å². The second kappa shape index (κ2) is 10.7. The van der Waals surface area contributed by atoms with Crippen molar-refractivity contribution in [3.8, 4) is 0 Å². The molecule has 0 fully saturated rings. The lowest BCUT2D eigenvalue weighted by Crippen LogP contribution is -2.14.